The number of hydrogen-bond donors (Lipinski definition) is 2. The molecule has 2 fully saturated rings. The minimum absolute atomic E-state index is 0.213. The quantitative estimate of drug-likeness (QED) is 0.100. The molecule has 0 radical (unpaired) electrons. The summed E-state index contributed by atoms with van der Waals surface area (Å²) in [6, 6.07) is 7.02. The molecule has 1 unspecified atom stereocenters. The number of nitrogens with zero attached hydrogens (tertiary/aromatic N) is 7. The third-order valence-corrected chi connectivity index (χ3v) is 10.6. The van der Waals surface area contributed by atoms with Crippen LogP contribution in [0.15, 0.2) is 60.0 Å². The van der Waals surface area contributed by atoms with Crippen molar-refractivity contribution in [3.05, 3.63) is 77.1 Å². The third kappa shape index (κ3) is 8.34. The minimum atomic E-state index is -0.906. The summed E-state index contributed by atoms with van der Waals surface area (Å²) in [6.07, 6.45) is 6.09. The zero-order valence-corrected chi connectivity index (χ0v) is 33.1. The molecule has 4 amide bonds. The number of benzene rings is 1. The zero-order chi connectivity index (χ0) is 39.6. The summed E-state index contributed by atoms with van der Waals surface area (Å²) < 4.78 is 7.62. The van der Waals surface area contributed by atoms with E-state index in [2.05, 4.69) is 53.2 Å². The molecule has 0 bridgehead atoms. The average Bonchev–Trinajstić information content (AvgIpc) is 3.54. The molecule has 1 saturated carbocycles. The Hall–Kier alpha value is -5.35. The van der Waals surface area contributed by atoms with Crippen molar-refractivity contribution >= 4 is 62.1 Å². The molecule has 0 spiro atoms. The van der Waals surface area contributed by atoms with Crippen molar-refractivity contribution in [2.45, 2.75) is 78.2 Å². The number of fused-ring (bicyclic) bond motifs is 2. The van der Waals surface area contributed by atoms with Gasteiger partial charge < -0.3 is 25.2 Å². The van der Waals surface area contributed by atoms with Gasteiger partial charge in [0.2, 0.25) is 23.6 Å². The Balaban J connectivity index is 1.31. The fourth-order valence-corrected chi connectivity index (χ4v) is 7.79. The second-order valence-corrected chi connectivity index (χ2v) is 15.0. The van der Waals surface area contributed by atoms with Crippen LogP contribution in [0.5, 0.6) is 0 Å². The van der Waals surface area contributed by atoms with Crippen molar-refractivity contribution in [2.24, 2.45) is 5.41 Å². The van der Waals surface area contributed by atoms with Gasteiger partial charge in [-0.25, -0.2) is 15.0 Å². The summed E-state index contributed by atoms with van der Waals surface area (Å²) in [4.78, 5) is 83.2. The van der Waals surface area contributed by atoms with Gasteiger partial charge >= 0.3 is 0 Å². The summed E-state index contributed by atoms with van der Waals surface area (Å²) in [5.74, 6) is -0.754. The number of Topliss-reactive ketones (excluding diaryl/α,β-unsaturated/α-hetero) is 1. The Kier molecular flexibility index (Phi) is 11.6. The normalized spacial score (nSPS) is 19.1. The summed E-state index contributed by atoms with van der Waals surface area (Å²) in [5.41, 5.74) is 2.44. The van der Waals surface area contributed by atoms with Crippen LogP contribution >= 0.6 is 15.9 Å². The Bertz CT molecular complexity index is 2170. The number of piperidine rings is 1. The summed E-state index contributed by atoms with van der Waals surface area (Å²) in [5, 5.41) is 10.8. The Morgan fingerprint density at radius 3 is 2.53 bits per heavy atom. The van der Waals surface area contributed by atoms with Gasteiger partial charge in [0, 0.05) is 74.4 Å². The molecule has 288 valence electrons. The maximum atomic E-state index is 14.5. The topological polar surface area (TPSA) is 182 Å². The fraction of sp³-hybridized carbons (Fsp3) is 0.410. The standard InChI is InChI=1S/C39H44BrN9O6/c1-7-9-29(43-24(5)51)38(54)47(6)21-39-15-31(37(53)45-36-26(20-55-8-2)11-13-33(40)44-36)49(32(39)16-39)34(52)19-48-30-12-10-25(27-17-41-23(4)42-18-27)14-28(30)35(46-48)22(3)50/h7,10-14,17-18,29,31-32H,1,8-9,15-16,19-21H2,2-6H3,(H,43,51)(H,44,45,53)/t29-,31+,32?,39+/m1/s1. The molecule has 2 N–H and O–H groups in total. The van der Waals surface area contributed by atoms with E-state index in [9.17, 15) is 24.0 Å². The van der Waals surface area contributed by atoms with Gasteiger partial charge in [-0.15, -0.1) is 6.58 Å². The number of ketones is 1. The number of likely N-dealkylation sites (tertiary alicyclic amines) is 1. The van der Waals surface area contributed by atoms with E-state index >= 15 is 0 Å². The van der Waals surface area contributed by atoms with Crippen LogP contribution in [0.25, 0.3) is 22.0 Å². The van der Waals surface area contributed by atoms with Crippen molar-refractivity contribution in [3.8, 4) is 11.1 Å². The molecule has 1 aliphatic heterocycles. The Labute approximate surface area is 327 Å². The van der Waals surface area contributed by atoms with Crippen LogP contribution in [0.4, 0.5) is 5.82 Å². The lowest BCUT2D eigenvalue weighted by molar-refractivity contribution is -0.138. The monoisotopic (exact) mass is 813 g/mol. The van der Waals surface area contributed by atoms with Crippen molar-refractivity contribution in [3.63, 3.8) is 0 Å². The van der Waals surface area contributed by atoms with Crippen molar-refractivity contribution in [2.75, 3.05) is 25.5 Å². The number of anilines is 1. The van der Waals surface area contributed by atoms with E-state index in [0.717, 1.165) is 11.1 Å². The van der Waals surface area contributed by atoms with Gasteiger partial charge in [0.1, 0.15) is 40.6 Å². The van der Waals surface area contributed by atoms with Gasteiger partial charge in [-0.1, -0.05) is 18.2 Å². The average molecular weight is 815 g/mol. The zero-order valence-electron chi connectivity index (χ0n) is 31.5. The largest absolute Gasteiger partial charge is 0.377 e. The Morgan fingerprint density at radius 1 is 1.11 bits per heavy atom. The first-order valence-corrected chi connectivity index (χ1v) is 18.8. The first-order chi connectivity index (χ1) is 26.2. The molecule has 4 atom stereocenters. The van der Waals surface area contributed by atoms with Crippen LogP contribution < -0.4 is 10.6 Å². The number of aromatic nitrogens is 5. The predicted molar refractivity (Wildman–Crippen MR) is 208 cm³/mol. The smallest absolute Gasteiger partial charge is 0.248 e. The van der Waals surface area contributed by atoms with Gasteiger partial charge in [0.25, 0.3) is 0 Å². The molecule has 4 aromatic rings. The first kappa shape index (κ1) is 39.3. The predicted octanol–water partition coefficient (Wildman–Crippen LogP) is 4.24. The lowest BCUT2D eigenvalue weighted by Gasteiger charge is -2.28. The number of carbonyl (C=O) groups is 5. The van der Waals surface area contributed by atoms with Crippen molar-refractivity contribution < 1.29 is 28.7 Å². The highest BCUT2D eigenvalue weighted by atomic mass is 79.9. The van der Waals surface area contributed by atoms with Crippen LogP contribution in [0.1, 0.15) is 61.9 Å². The maximum absolute atomic E-state index is 14.5. The van der Waals surface area contributed by atoms with E-state index in [0.29, 0.717) is 45.7 Å². The number of ether oxygens (including phenoxy) is 1. The van der Waals surface area contributed by atoms with Gasteiger partial charge in [0.15, 0.2) is 5.78 Å². The van der Waals surface area contributed by atoms with Gasteiger partial charge in [-0.3, -0.25) is 28.7 Å². The third-order valence-electron chi connectivity index (χ3n) is 10.1. The highest BCUT2D eigenvalue weighted by Gasteiger charge is 2.67. The molecule has 1 aliphatic carbocycles. The number of nitrogens with one attached hydrogen (secondary N) is 2. The number of amides is 4. The van der Waals surface area contributed by atoms with E-state index in [1.165, 1.54) is 18.5 Å². The van der Waals surface area contributed by atoms with Crippen LogP contribution in [0.2, 0.25) is 0 Å². The van der Waals surface area contributed by atoms with Crippen LogP contribution in [0.3, 0.4) is 0 Å². The molecule has 1 aromatic carbocycles. The van der Waals surface area contributed by atoms with E-state index in [-0.39, 0.29) is 67.8 Å². The number of carbonyl (C=O) groups excluding carboxylic acids is 5. The van der Waals surface area contributed by atoms with E-state index in [4.69, 9.17) is 4.74 Å². The molecule has 55 heavy (non-hydrogen) atoms. The van der Waals surface area contributed by atoms with E-state index in [1.807, 2.05) is 19.1 Å². The second kappa shape index (κ2) is 16.2. The SMILES string of the molecule is C=CC[C@@H](NC(C)=O)C(=O)N(C)C[C@]12CC1N(C(=O)Cn1nc(C(C)=O)c3cc(-c4cnc(C)nc4)ccc31)[C@H](C(=O)Nc1nc(Br)ccc1COCC)C2. The van der Waals surface area contributed by atoms with Gasteiger partial charge in [0.05, 0.1) is 12.1 Å². The number of hydrogen-bond acceptors (Lipinski definition) is 10. The fourth-order valence-electron chi connectivity index (χ4n) is 7.48. The molecule has 3 aromatic heterocycles. The lowest BCUT2D eigenvalue weighted by atomic mass is 9.97. The number of pyridine rings is 1. The summed E-state index contributed by atoms with van der Waals surface area (Å²) >= 11 is 3.39. The van der Waals surface area contributed by atoms with E-state index in [1.54, 1.807) is 60.4 Å². The van der Waals surface area contributed by atoms with Gasteiger partial charge in [-0.2, -0.15) is 5.10 Å². The summed E-state index contributed by atoms with van der Waals surface area (Å²) in [6.45, 7) is 10.9. The van der Waals surface area contributed by atoms with Crippen LogP contribution in [0, 0.1) is 12.3 Å². The molecule has 16 heteroatoms. The van der Waals surface area contributed by atoms with Crippen molar-refractivity contribution in [1.29, 1.82) is 0 Å². The molecule has 1 saturated heterocycles. The molecule has 15 nitrogen and oxygen atoms in total. The molecule has 4 heterocycles. The molecule has 2 aliphatic rings. The number of likely N-dealkylation sites (N-methyl/N-ethyl adjacent to an activating group) is 1. The van der Waals surface area contributed by atoms with Gasteiger partial charge in [-0.05, 0) is 72.8 Å². The first-order valence-electron chi connectivity index (χ1n) is 18.0. The van der Waals surface area contributed by atoms with Crippen LogP contribution in [-0.2, 0) is 37.1 Å². The summed E-state index contributed by atoms with van der Waals surface area (Å²) in [7, 11) is 1.66. The lowest BCUT2D eigenvalue weighted by Crippen LogP contribution is -2.48. The second-order valence-electron chi connectivity index (χ2n) is 14.2. The highest BCUT2D eigenvalue weighted by Crippen LogP contribution is 2.60. The van der Waals surface area contributed by atoms with Crippen LogP contribution in [-0.4, -0.2) is 102 Å². The highest BCUT2D eigenvalue weighted by molar-refractivity contribution is 9.10. The Morgan fingerprint density at radius 2 is 1.85 bits per heavy atom. The maximum Gasteiger partial charge on any atom is 0.248 e. The number of aryl methyl sites for hydroxylation is 1. The number of rotatable bonds is 15. The van der Waals surface area contributed by atoms with E-state index < -0.39 is 23.4 Å². The molecular formula is C39H44BrN9O6. The molecular weight excluding hydrogens is 770 g/mol. The molecule has 6 rings (SSSR count). The number of halogens is 1. The van der Waals surface area contributed by atoms with Crippen molar-refractivity contribution in [1.82, 2.24) is 39.8 Å². The minimum Gasteiger partial charge on any atom is -0.377 e.